The molecule has 0 atom stereocenters. The Morgan fingerprint density at radius 1 is 1.19 bits per heavy atom. The summed E-state index contributed by atoms with van der Waals surface area (Å²) in [7, 11) is 0. The predicted octanol–water partition coefficient (Wildman–Crippen LogP) is 2.78. The van der Waals surface area contributed by atoms with E-state index in [1.807, 2.05) is 37.3 Å². The van der Waals surface area contributed by atoms with Gasteiger partial charge in [-0.25, -0.2) is 4.68 Å². The van der Waals surface area contributed by atoms with Crippen molar-refractivity contribution >= 4 is 11.6 Å². The van der Waals surface area contributed by atoms with Crippen LogP contribution in [-0.2, 0) is 6.61 Å². The molecule has 0 radical (unpaired) electrons. The normalized spacial score (nSPS) is 10.8. The molecular weight excluding hydrogens is 288 g/mol. The topological polar surface area (TPSA) is 63.8 Å². The van der Waals surface area contributed by atoms with Crippen LogP contribution in [0.25, 0.3) is 16.9 Å². The number of rotatable bonds is 3. The minimum absolute atomic E-state index is 0.183. The number of hydrogen-bond donors (Lipinski definition) is 1. The zero-order valence-electron chi connectivity index (χ0n) is 11.4. The number of hydrogen-bond acceptors (Lipinski definition) is 4. The van der Waals surface area contributed by atoms with E-state index in [1.165, 1.54) is 0 Å². The van der Waals surface area contributed by atoms with Gasteiger partial charge in [0.25, 0.3) is 0 Å². The van der Waals surface area contributed by atoms with Gasteiger partial charge in [0.1, 0.15) is 11.4 Å². The van der Waals surface area contributed by atoms with Gasteiger partial charge in [-0.2, -0.15) is 0 Å². The number of aryl methyl sites for hydroxylation is 1. The Morgan fingerprint density at radius 2 is 1.95 bits per heavy atom. The molecule has 106 valence electrons. The van der Waals surface area contributed by atoms with Crippen LogP contribution < -0.4 is 0 Å². The molecular formula is C15H13ClN4O. The molecule has 21 heavy (non-hydrogen) atoms. The molecule has 0 saturated carbocycles. The molecule has 6 heteroatoms. The van der Waals surface area contributed by atoms with Gasteiger partial charge in [0.2, 0.25) is 0 Å². The molecule has 1 aromatic carbocycles. The number of pyridine rings is 1. The molecule has 2 aromatic heterocycles. The Morgan fingerprint density at radius 3 is 2.62 bits per heavy atom. The van der Waals surface area contributed by atoms with Crippen LogP contribution in [0.2, 0.25) is 5.02 Å². The van der Waals surface area contributed by atoms with Crippen LogP contribution in [0.5, 0.6) is 0 Å². The fourth-order valence-corrected chi connectivity index (χ4v) is 2.29. The third-order valence-electron chi connectivity index (χ3n) is 3.24. The van der Waals surface area contributed by atoms with Crippen LogP contribution in [0, 0.1) is 6.92 Å². The molecule has 0 aliphatic heterocycles. The van der Waals surface area contributed by atoms with Gasteiger partial charge in [0.15, 0.2) is 0 Å². The van der Waals surface area contributed by atoms with Crippen LogP contribution in [-0.4, -0.2) is 25.1 Å². The van der Waals surface area contributed by atoms with Gasteiger partial charge in [0.05, 0.1) is 12.3 Å². The van der Waals surface area contributed by atoms with E-state index in [0.29, 0.717) is 10.7 Å². The Labute approximate surface area is 126 Å². The van der Waals surface area contributed by atoms with Crippen molar-refractivity contribution in [3.63, 3.8) is 0 Å². The zero-order valence-corrected chi connectivity index (χ0v) is 12.1. The lowest BCUT2D eigenvalue weighted by atomic mass is 10.1. The van der Waals surface area contributed by atoms with E-state index in [9.17, 15) is 5.11 Å². The number of benzene rings is 1. The van der Waals surface area contributed by atoms with E-state index in [1.54, 1.807) is 17.1 Å². The van der Waals surface area contributed by atoms with E-state index in [2.05, 4.69) is 15.3 Å². The first kappa shape index (κ1) is 13.7. The highest BCUT2D eigenvalue weighted by Gasteiger charge is 2.16. The average Bonchev–Trinajstić information content (AvgIpc) is 2.95. The second-order valence-corrected chi connectivity index (χ2v) is 5.03. The summed E-state index contributed by atoms with van der Waals surface area (Å²) in [6.07, 6.45) is 3.38. The molecule has 0 unspecified atom stereocenters. The molecule has 0 amide bonds. The second-order valence-electron chi connectivity index (χ2n) is 4.62. The molecule has 0 bridgehead atoms. The van der Waals surface area contributed by atoms with Crippen molar-refractivity contribution in [3.8, 4) is 16.9 Å². The molecule has 0 aliphatic rings. The SMILES string of the molecule is Cc1ccc(-n2nnc(CO)c2-c2ccncc2)cc1Cl. The molecule has 0 spiro atoms. The van der Waals surface area contributed by atoms with Crippen molar-refractivity contribution in [2.24, 2.45) is 0 Å². The summed E-state index contributed by atoms with van der Waals surface area (Å²) in [5, 5.41) is 18.3. The van der Waals surface area contributed by atoms with Gasteiger partial charge in [-0.1, -0.05) is 22.9 Å². The minimum Gasteiger partial charge on any atom is -0.390 e. The fourth-order valence-electron chi connectivity index (χ4n) is 2.11. The maximum absolute atomic E-state index is 9.48. The molecule has 0 aliphatic carbocycles. The second kappa shape index (κ2) is 5.63. The molecule has 0 saturated heterocycles. The maximum Gasteiger partial charge on any atom is 0.117 e. The molecule has 3 rings (SSSR count). The standard InChI is InChI=1S/C15H13ClN4O/c1-10-2-3-12(8-13(10)16)20-15(14(9-21)18-19-20)11-4-6-17-7-5-11/h2-8,21H,9H2,1H3. The number of aromatic nitrogens is 4. The van der Waals surface area contributed by atoms with Crippen LogP contribution in [0.4, 0.5) is 0 Å². The van der Waals surface area contributed by atoms with Crippen LogP contribution >= 0.6 is 11.6 Å². The minimum atomic E-state index is -0.183. The Hall–Kier alpha value is -2.24. The monoisotopic (exact) mass is 300 g/mol. The van der Waals surface area contributed by atoms with Crippen molar-refractivity contribution in [2.75, 3.05) is 0 Å². The van der Waals surface area contributed by atoms with Crippen molar-refractivity contribution in [1.29, 1.82) is 0 Å². The van der Waals surface area contributed by atoms with Gasteiger partial charge >= 0.3 is 0 Å². The van der Waals surface area contributed by atoms with E-state index in [-0.39, 0.29) is 6.61 Å². The lowest BCUT2D eigenvalue weighted by molar-refractivity contribution is 0.277. The van der Waals surface area contributed by atoms with Crippen molar-refractivity contribution in [1.82, 2.24) is 20.0 Å². The molecule has 3 aromatic rings. The largest absolute Gasteiger partial charge is 0.390 e. The van der Waals surface area contributed by atoms with Gasteiger partial charge in [-0.05, 0) is 36.8 Å². The molecule has 1 N–H and O–H groups in total. The number of aliphatic hydroxyl groups is 1. The van der Waals surface area contributed by atoms with E-state index >= 15 is 0 Å². The van der Waals surface area contributed by atoms with Crippen molar-refractivity contribution in [3.05, 3.63) is 59.0 Å². The first-order valence-electron chi connectivity index (χ1n) is 6.43. The summed E-state index contributed by atoms with van der Waals surface area (Å²) in [6.45, 7) is 1.76. The molecule has 5 nitrogen and oxygen atoms in total. The van der Waals surface area contributed by atoms with Gasteiger partial charge in [0, 0.05) is 23.0 Å². The Bertz CT molecular complexity index is 771. The maximum atomic E-state index is 9.48. The lowest BCUT2D eigenvalue weighted by Gasteiger charge is -2.09. The summed E-state index contributed by atoms with van der Waals surface area (Å²) in [6, 6.07) is 9.38. The first-order valence-corrected chi connectivity index (χ1v) is 6.81. The fraction of sp³-hybridized carbons (Fsp3) is 0.133. The van der Waals surface area contributed by atoms with E-state index in [4.69, 9.17) is 11.6 Å². The van der Waals surface area contributed by atoms with Gasteiger partial charge < -0.3 is 5.11 Å². The quantitative estimate of drug-likeness (QED) is 0.808. The van der Waals surface area contributed by atoms with E-state index < -0.39 is 0 Å². The third kappa shape index (κ3) is 2.53. The van der Waals surface area contributed by atoms with Crippen LogP contribution in [0.3, 0.4) is 0 Å². The third-order valence-corrected chi connectivity index (χ3v) is 3.65. The number of halogens is 1. The number of aliphatic hydroxyl groups excluding tert-OH is 1. The Kier molecular flexibility index (Phi) is 3.68. The van der Waals surface area contributed by atoms with E-state index in [0.717, 1.165) is 22.5 Å². The van der Waals surface area contributed by atoms with Gasteiger partial charge in [-0.15, -0.1) is 5.10 Å². The predicted molar refractivity (Wildman–Crippen MR) is 80.3 cm³/mol. The summed E-state index contributed by atoms with van der Waals surface area (Å²) in [5.74, 6) is 0. The average molecular weight is 301 g/mol. The van der Waals surface area contributed by atoms with Crippen LogP contribution in [0.15, 0.2) is 42.7 Å². The lowest BCUT2D eigenvalue weighted by Crippen LogP contribution is -2.00. The zero-order chi connectivity index (χ0) is 14.8. The van der Waals surface area contributed by atoms with Gasteiger partial charge in [-0.3, -0.25) is 4.98 Å². The van der Waals surface area contributed by atoms with Crippen LogP contribution in [0.1, 0.15) is 11.3 Å². The molecule has 2 heterocycles. The summed E-state index contributed by atoms with van der Waals surface area (Å²) >= 11 is 6.18. The van der Waals surface area contributed by atoms with Crippen molar-refractivity contribution < 1.29 is 5.11 Å². The summed E-state index contributed by atoms with van der Waals surface area (Å²) < 4.78 is 1.67. The van der Waals surface area contributed by atoms with Crippen molar-refractivity contribution in [2.45, 2.75) is 13.5 Å². The first-order chi connectivity index (χ1) is 10.2. The smallest absolute Gasteiger partial charge is 0.117 e. The molecule has 0 fully saturated rings. The highest BCUT2D eigenvalue weighted by Crippen LogP contribution is 2.26. The summed E-state index contributed by atoms with van der Waals surface area (Å²) in [4.78, 5) is 4.01. The number of nitrogens with zero attached hydrogens (tertiary/aromatic N) is 4. The Balaban J connectivity index is 2.20. The highest BCUT2D eigenvalue weighted by atomic mass is 35.5. The summed E-state index contributed by atoms with van der Waals surface area (Å²) in [5.41, 5.74) is 3.92. The highest BCUT2D eigenvalue weighted by molar-refractivity contribution is 6.31.